The van der Waals surface area contributed by atoms with Crippen molar-refractivity contribution in [1.82, 2.24) is 4.57 Å². The highest BCUT2D eigenvalue weighted by Crippen LogP contribution is 2.31. The molecule has 1 heterocycles. The fourth-order valence-electron chi connectivity index (χ4n) is 2.58. The van der Waals surface area contributed by atoms with Gasteiger partial charge in [0.2, 0.25) is 0 Å². The summed E-state index contributed by atoms with van der Waals surface area (Å²) in [5.41, 5.74) is 2.47. The number of aromatic carboxylic acids is 1. The topological polar surface area (TPSA) is 62.5 Å². The van der Waals surface area contributed by atoms with Gasteiger partial charge in [0, 0.05) is 22.8 Å². The number of fused-ring (bicyclic) bond motifs is 1. The lowest BCUT2D eigenvalue weighted by atomic mass is 10.1. The predicted octanol–water partition coefficient (Wildman–Crippen LogP) is 3.34. The Morgan fingerprint density at radius 1 is 1.10 bits per heavy atom. The minimum absolute atomic E-state index is 0.115. The molecule has 2 N–H and O–H groups in total. The van der Waals surface area contributed by atoms with E-state index in [1.807, 2.05) is 34.9 Å². The minimum atomic E-state index is -0.965. The Balaban J connectivity index is 2.45. The highest BCUT2D eigenvalue weighted by atomic mass is 16.4. The summed E-state index contributed by atoms with van der Waals surface area (Å²) in [6.45, 7) is 1.77. The van der Waals surface area contributed by atoms with Crippen molar-refractivity contribution in [1.29, 1.82) is 0 Å². The van der Waals surface area contributed by atoms with Crippen LogP contribution in [0.25, 0.3) is 16.6 Å². The van der Waals surface area contributed by atoms with Crippen molar-refractivity contribution in [2.45, 2.75) is 6.92 Å². The van der Waals surface area contributed by atoms with Crippen molar-refractivity contribution in [3.05, 3.63) is 59.8 Å². The molecule has 1 aromatic heterocycles. The van der Waals surface area contributed by atoms with Crippen molar-refractivity contribution in [2.75, 3.05) is 0 Å². The van der Waals surface area contributed by atoms with Crippen molar-refractivity contribution in [3.8, 4) is 11.4 Å². The average Bonchev–Trinajstić information content (AvgIpc) is 2.71. The lowest BCUT2D eigenvalue weighted by molar-refractivity contribution is 0.0698. The molecule has 4 heteroatoms. The second kappa shape index (κ2) is 4.42. The number of aromatic nitrogens is 1. The zero-order chi connectivity index (χ0) is 14.3. The van der Waals surface area contributed by atoms with Gasteiger partial charge in [-0.3, -0.25) is 0 Å². The van der Waals surface area contributed by atoms with Crippen molar-refractivity contribution >= 4 is 16.9 Å². The number of aromatic hydroxyl groups is 1. The van der Waals surface area contributed by atoms with Gasteiger partial charge in [-0.25, -0.2) is 4.79 Å². The third-order valence-electron chi connectivity index (χ3n) is 3.42. The number of benzene rings is 2. The van der Waals surface area contributed by atoms with Gasteiger partial charge in [-0.1, -0.05) is 18.2 Å². The second-order valence-electron chi connectivity index (χ2n) is 4.64. The fourth-order valence-corrected chi connectivity index (χ4v) is 2.58. The van der Waals surface area contributed by atoms with Gasteiger partial charge in [-0.15, -0.1) is 0 Å². The van der Waals surface area contributed by atoms with E-state index in [0.717, 1.165) is 5.69 Å². The van der Waals surface area contributed by atoms with Crippen LogP contribution in [0.5, 0.6) is 5.75 Å². The van der Waals surface area contributed by atoms with E-state index in [9.17, 15) is 15.0 Å². The molecule has 3 rings (SSSR count). The molecule has 2 aromatic carbocycles. The van der Waals surface area contributed by atoms with Crippen LogP contribution in [0.1, 0.15) is 16.1 Å². The van der Waals surface area contributed by atoms with Crippen molar-refractivity contribution in [2.24, 2.45) is 0 Å². The molecule has 0 spiro atoms. The maximum absolute atomic E-state index is 11.5. The predicted molar refractivity (Wildman–Crippen MR) is 76.6 cm³/mol. The van der Waals surface area contributed by atoms with E-state index in [-0.39, 0.29) is 11.3 Å². The first-order chi connectivity index (χ1) is 9.59. The highest BCUT2D eigenvalue weighted by Gasteiger charge is 2.20. The van der Waals surface area contributed by atoms with Gasteiger partial charge in [0.25, 0.3) is 0 Å². The van der Waals surface area contributed by atoms with Crippen molar-refractivity contribution in [3.63, 3.8) is 0 Å². The molecule has 100 valence electrons. The smallest absolute Gasteiger partial charge is 0.338 e. The summed E-state index contributed by atoms with van der Waals surface area (Å²) in [6, 6.07) is 14.2. The molecule has 0 aliphatic heterocycles. The summed E-state index contributed by atoms with van der Waals surface area (Å²) in [4.78, 5) is 11.5. The van der Waals surface area contributed by atoms with Gasteiger partial charge in [-0.05, 0) is 31.2 Å². The molecular weight excluding hydrogens is 254 g/mol. The fraction of sp³-hybridized carbons (Fsp3) is 0.0625. The zero-order valence-corrected chi connectivity index (χ0v) is 10.9. The van der Waals surface area contributed by atoms with Gasteiger partial charge in [0.1, 0.15) is 5.75 Å². The van der Waals surface area contributed by atoms with Crippen LogP contribution in [-0.2, 0) is 0 Å². The quantitative estimate of drug-likeness (QED) is 0.748. The number of carboxylic acids is 1. The van der Waals surface area contributed by atoms with E-state index in [1.54, 1.807) is 19.1 Å². The number of para-hydroxylation sites is 1. The first-order valence-electron chi connectivity index (χ1n) is 6.22. The number of phenolic OH excluding ortho intramolecular Hbond substituents is 1. The van der Waals surface area contributed by atoms with Crippen LogP contribution < -0.4 is 0 Å². The summed E-state index contributed by atoms with van der Waals surface area (Å²) in [5.74, 6) is -0.850. The number of carbonyl (C=O) groups is 1. The number of rotatable bonds is 2. The largest absolute Gasteiger partial charge is 0.508 e. The molecule has 0 saturated carbocycles. The third kappa shape index (κ3) is 1.73. The maximum Gasteiger partial charge on any atom is 0.338 e. The molecule has 0 aliphatic rings. The van der Waals surface area contributed by atoms with Crippen LogP contribution in [0, 0.1) is 6.92 Å². The van der Waals surface area contributed by atoms with Gasteiger partial charge in [-0.2, -0.15) is 0 Å². The number of nitrogens with zero attached hydrogens (tertiary/aromatic N) is 1. The van der Waals surface area contributed by atoms with Crippen LogP contribution in [0.2, 0.25) is 0 Å². The van der Waals surface area contributed by atoms with E-state index < -0.39 is 5.97 Å². The Kier molecular flexibility index (Phi) is 2.71. The third-order valence-corrected chi connectivity index (χ3v) is 3.42. The monoisotopic (exact) mass is 267 g/mol. The normalized spacial score (nSPS) is 10.8. The SMILES string of the molecule is Cc1c(C(=O)O)c2ccc(O)cc2n1-c1ccccc1. The summed E-state index contributed by atoms with van der Waals surface area (Å²) >= 11 is 0. The van der Waals surface area contributed by atoms with E-state index in [2.05, 4.69) is 0 Å². The van der Waals surface area contributed by atoms with E-state index >= 15 is 0 Å². The molecule has 0 radical (unpaired) electrons. The summed E-state index contributed by atoms with van der Waals surface area (Å²) in [5, 5.41) is 19.7. The molecule has 0 atom stereocenters. The standard InChI is InChI=1S/C16H13NO3/c1-10-15(16(19)20)13-8-7-12(18)9-14(13)17(10)11-5-3-2-4-6-11/h2-9,18H,1H3,(H,19,20). The van der Waals surface area contributed by atoms with Crippen LogP contribution in [0.3, 0.4) is 0 Å². The number of hydrogen-bond acceptors (Lipinski definition) is 2. The lowest BCUT2D eigenvalue weighted by Gasteiger charge is -2.08. The van der Waals surface area contributed by atoms with Crippen LogP contribution >= 0.6 is 0 Å². The molecule has 20 heavy (non-hydrogen) atoms. The second-order valence-corrected chi connectivity index (χ2v) is 4.64. The Labute approximate surface area is 115 Å². The summed E-state index contributed by atoms with van der Waals surface area (Å²) in [7, 11) is 0. The number of hydrogen-bond donors (Lipinski definition) is 2. The summed E-state index contributed by atoms with van der Waals surface area (Å²) in [6.07, 6.45) is 0. The van der Waals surface area contributed by atoms with Gasteiger partial charge >= 0.3 is 5.97 Å². The molecule has 3 aromatic rings. The molecule has 0 fully saturated rings. The Hall–Kier alpha value is -2.75. The maximum atomic E-state index is 11.5. The molecule has 0 aliphatic carbocycles. The molecule has 0 amide bonds. The number of carboxylic acid groups (broad SMARTS) is 1. The molecule has 0 saturated heterocycles. The Bertz CT molecular complexity index is 803. The lowest BCUT2D eigenvalue weighted by Crippen LogP contribution is -2.01. The minimum Gasteiger partial charge on any atom is -0.508 e. The molecule has 0 unspecified atom stereocenters. The van der Waals surface area contributed by atoms with E-state index in [4.69, 9.17) is 0 Å². The number of phenols is 1. The van der Waals surface area contributed by atoms with Gasteiger partial charge < -0.3 is 14.8 Å². The van der Waals surface area contributed by atoms with Crippen LogP contribution in [0.15, 0.2) is 48.5 Å². The van der Waals surface area contributed by atoms with Crippen LogP contribution in [-0.4, -0.2) is 20.7 Å². The van der Waals surface area contributed by atoms with Gasteiger partial charge in [0.05, 0.1) is 11.1 Å². The van der Waals surface area contributed by atoms with Crippen molar-refractivity contribution < 1.29 is 15.0 Å². The van der Waals surface area contributed by atoms with E-state index in [1.165, 1.54) is 6.07 Å². The molecule has 0 bridgehead atoms. The summed E-state index contributed by atoms with van der Waals surface area (Å²) < 4.78 is 1.85. The Morgan fingerprint density at radius 3 is 2.45 bits per heavy atom. The first kappa shape index (κ1) is 12.3. The zero-order valence-electron chi connectivity index (χ0n) is 10.9. The average molecular weight is 267 g/mol. The Morgan fingerprint density at radius 2 is 1.80 bits per heavy atom. The highest BCUT2D eigenvalue weighted by molar-refractivity contribution is 6.06. The van der Waals surface area contributed by atoms with Crippen LogP contribution in [0.4, 0.5) is 0 Å². The van der Waals surface area contributed by atoms with Gasteiger partial charge in [0.15, 0.2) is 0 Å². The van der Waals surface area contributed by atoms with E-state index in [0.29, 0.717) is 16.6 Å². The molecular formula is C16H13NO3. The first-order valence-corrected chi connectivity index (χ1v) is 6.22. The molecule has 4 nitrogen and oxygen atoms in total.